The minimum atomic E-state index is -1.17. The lowest BCUT2D eigenvalue weighted by Gasteiger charge is -2.22. The predicted octanol–water partition coefficient (Wildman–Crippen LogP) is 5.14. The fourth-order valence-electron chi connectivity index (χ4n) is 3.43. The Hall–Kier alpha value is -2.87. The zero-order valence-corrected chi connectivity index (χ0v) is 21.8. The highest BCUT2D eigenvalue weighted by molar-refractivity contribution is 9.10. The van der Waals surface area contributed by atoms with Gasteiger partial charge in [0.2, 0.25) is 0 Å². The maximum absolute atomic E-state index is 12.7. The zero-order chi connectivity index (χ0) is 25.5. The minimum absolute atomic E-state index is 0.0649. The van der Waals surface area contributed by atoms with Crippen LogP contribution in [0.2, 0.25) is 0 Å². The summed E-state index contributed by atoms with van der Waals surface area (Å²) in [5, 5.41) is 14.8. The summed E-state index contributed by atoms with van der Waals surface area (Å²) >= 11 is 3.45. The van der Waals surface area contributed by atoms with E-state index in [4.69, 9.17) is 4.74 Å². The van der Waals surface area contributed by atoms with E-state index >= 15 is 0 Å². The molecule has 0 aliphatic rings. The molecule has 0 heterocycles. The van der Waals surface area contributed by atoms with Crippen LogP contribution < -0.4 is 10.6 Å². The molecule has 0 aliphatic heterocycles. The van der Waals surface area contributed by atoms with Crippen LogP contribution in [0.1, 0.15) is 62.0 Å². The molecule has 2 unspecified atom stereocenters. The Kier molecular flexibility index (Phi) is 9.67. The number of carboxylic acid groups (broad SMARTS) is 1. The molecule has 2 amide bonds. The number of benzene rings is 2. The quantitative estimate of drug-likeness (QED) is 0.414. The molecule has 2 aromatic rings. The van der Waals surface area contributed by atoms with Gasteiger partial charge in [0.15, 0.2) is 0 Å². The van der Waals surface area contributed by atoms with Crippen LogP contribution >= 0.6 is 15.9 Å². The van der Waals surface area contributed by atoms with E-state index in [-0.39, 0.29) is 18.2 Å². The molecule has 0 aromatic heterocycles. The second-order valence-corrected chi connectivity index (χ2v) is 10.5. The molecule has 2 aromatic carbocycles. The molecular weight excluding hydrogens is 500 g/mol. The van der Waals surface area contributed by atoms with Crippen LogP contribution in [-0.2, 0) is 16.0 Å². The van der Waals surface area contributed by atoms with Crippen LogP contribution in [0.4, 0.5) is 4.79 Å². The molecule has 0 saturated carbocycles. The second-order valence-electron chi connectivity index (χ2n) is 9.55. The van der Waals surface area contributed by atoms with Gasteiger partial charge in [-0.05, 0) is 62.1 Å². The Morgan fingerprint density at radius 3 is 2.09 bits per heavy atom. The van der Waals surface area contributed by atoms with Crippen molar-refractivity contribution in [1.29, 1.82) is 0 Å². The van der Waals surface area contributed by atoms with Crippen molar-refractivity contribution in [1.82, 2.24) is 10.6 Å². The lowest BCUT2D eigenvalue weighted by Crippen LogP contribution is -2.44. The zero-order valence-electron chi connectivity index (χ0n) is 20.2. The Morgan fingerprint density at radius 2 is 1.59 bits per heavy atom. The number of carbonyl (C=O) groups excluding carboxylic acids is 2. The average molecular weight is 533 g/mol. The molecule has 0 spiro atoms. The van der Waals surface area contributed by atoms with Crippen molar-refractivity contribution in [3.8, 4) is 0 Å². The van der Waals surface area contributed by atoms with Gasteiger partial charge in [-0.3, -0.25) is 4.79 Å². The van der Waals surface area contributed by atoms with Gasteiger partial charge in [0, 0.05) is 28.9 Å². The van der Waals surface area contributed by atoms with Crippen molar-refractivity contribution in [3.63, 3.8) is 0 Å². The Morgan fingerprint density at radius 1 is 1.00 bits per heavy atom. The van der Waals surface area contributed by atoms with E-state index in [0.29, 0.717) is 23.6 Å². The number of alkyl carbamates (subject to hydrolysis) is 1. The summed E-state index contributed by atoms with van der Waals surface area (Å²) in [7, 11) is 0. The van der Waals surface area contributed by atoms with E-state index < -0.39 is 23.7 Å². The van der Waals surface area contributed by atoms with E-state index in [0.717, 1.165) is 10.0 Å². The number of halogens is 1. The third kappa shape index (κ3) is 8.82. The van der Waals surface area contributed by atoms with Gasteiger partial charge in [0.1, 0.15) is 11.6 Å². The molecule has 0 saturated heterocycles. The van der Waals surface area contributed by atoms with Crippen molar-refractivity contribution < 1.29 is 24.2 Å². The summed E-state index contributed by atoms with van der Waals surface area (Å²) in [4.78, 5) is 36.2. The molecule has 184 valence electrons. The van der Waals surface area contributed by atoms with Crippen LogP contribution in [0.5, 0.6) is 0 Å². The third-order valence-corrected chi connectivity index (χ3v) is 5.76. The number of amides is 2. The van der Waals surface area contributed by atoms with Gasteiger partial charge < -0.3 is 20.5 Å². The summed E-state index contributed by atoms with van der Waals surface area (Å²) in [5.74, 6) is -0.850. The highest BCUT2D eigenvalue weighted by Gasteiger charge is 2.24. The number of hydrogen-bond donors (Lipinski definition) is 3. The first kappa shape index (κ1) is 27.4. The Labute approximate surface area is 209 Å². The molecule has 0 radical (unpaired) electrons. The summed E-state index contributed by atoms with van der Waals surface area (Å²) < 4.78 is 6.15. The molecule has 34 heavy (non-hydrogen) atoms. The fraction of sp³-hybridized carbons (Fsp3) is 0.423. The van der Waals surface area contributed by atoms with Gasteiger partial charge in [-0.25, -0.2) is 9.59 Å². The molecule has 0 aliphatic carbocycles. The summed E-state index contributed by atoms with van der Waals surface area (Å²) in [5.41, 5.74) is 1.59. The molecule has 7 nitrogen and oxygen atoms in total. The highest BCUT2D eigenvalue weighted by atomic mass is 79.9. The van der Waals surface area contributed by atoms with E-state index in [1.54, 1.807) is 45.0 Å². The number of carbonyl (C=O) groups is 3. The van der Waals surface area contributed by atoms with Gasteiger partial charge in [-0.2, -0.15) is 0 Å². The lowest BCUT2D eigenvalue weighted by molar-refractivity contribution is -0.139. The summed E-state index contributed by atoms with van der Waals surface area (Å²) in [6.45, 7) is 9.85. The summed E-state index contributed by atoms with van der Waals surface area (Å²) in [6.07, 6.45) is -0.725. The van der Waals surface area contributed by atoms with Crippen molar-refractivity contribution >= 4 is 33.9 Å². The molecule has 3 N–H and O–H groups in total. The first-order valence-electron chi connectivity index (χ1n) is 11.2. The molecule has 0 fully saturated rings. The van der Waals surface area contributed by atoms with Crippen molar-refractivity contribution in [2.24, 2.45) is 5.92 Å². The van der Waals surface area contributed by atoms with Crippen LogP contribution in [0.3, 0.4) is 0 Å². The number of aliphatic carboxylic acids is 1. The van der Waals surface area contributed by atoms with E-state index in [1.165, 1.54) is 0 Å². The largest absolute Gasteiger partial charge is 0.480 e. The number of ether oxygens (including phenoxy) is 1. The van der Waals surface area contributed by atoms with Crippen LogP contribution in [0, 0.1) is 5.92 Å². The van der Waals surface area contributed by atoms with Crippen LogP contribution in [0.15, 0.2) is 53.0 Å². The first-order valence-corrected chi connectivity index (χ1v) is 12.0. The SMILES string of the molecule is CC(C)C(CNC(=O)c1ccc(CC(NC(=O)OC(C)(C)C)C(=O)O)cc1)c1ccc(Br)cc1. The van der Waals surface area contributed by atoms with E-state index in [1.807, 2.05) is 12.1 Å². The first-order chi connectivity index (χ1) is 15.9. The van der Waals surface area contributed by atoms with Gasteiger partial charge in [0.25, 0.3) is 5.91 Å². The predicted molar refractivity (Wildman–Crippen MR) is 135 cm³/mol. The van der Waals surface area contributed by atoms with Crippen molar-refractivity contribution in [3.05, 3.63) is 69.7 Å². The monoisotopic (exact) mass is 532 g/mol. The topological polar surface area (TPSA) is 105 Å². The highest BCUT2D eigenvalue weighted by Crippen LogP contribution is 2.25. The number of rotatable bonds is 9. The smallest absolute Gasteiger partial charge is 0.408 e. The normalized spacial score (nSPS) is 13.1. The standard InChI is InChI=1S/C26H33BrN2O5/c1-16(2)21(18-10-12-20(27)13-11-18)15-28-23(30)19-8-6-17(7-9-19)14-22(24(31)32)29-25(33)34-26(3,4)5/h6-13,16,21-22H,14-15H2,1-5H3,(H,28,30)(H,29,33)(H,31,32). The molecule has 8 heteroatoms. The maximum atomic E-state index is 12.7. The Balaban J connectivity index is 1.99. The fourth-order valence-corrected chi connectivity index (χ4v) is 3.70. The Bertz CT molecular complexity index is 982. The molecule has 0 bridgehead atoms. The van der Waals surface area contributed by atoms with Crippen molar-refractivity contribution in [2.45, 2.75) is 58.6 Å². The van der Waals surface area contributed by atoms with E-state index in [2.05, 4.69) is 52.5 Å². The average Bonchev–Trinajstić information content (AvgIpc) is 2.73. The van der Waals surface area contributed by atoms with Crippen LogP contribution in [0.25, 0.3) is 0 Å². The molecule has 2 rings (SSSR count). The van der Waals surface area contributed by atoms with Gasteiger partial charge in [0.05, 0.1) is 0 Å². The number of nitrogens with one attached hydrogen (secondary N) is 2. The minimum Gasteiger partial charge on any atom is -0.480 e. The van der Waals surface area contributed by atoms with Gasteiger partial charge >= 0.3 is 12.1 Å². The summed E-state index contributed by atoms with van der Waals surface area (Å²) in [6, 6.07) is 13.6. The number of hydrogen-bond acceptors (Lipinski definition) is 4. The van der Waals surface area contributed by atoms with Gasteiger partial charge in [-0.15, -0.1) is 0 Å². The number of carboxylic acids is 1. The van der Waals surface area contributed by atoms with Crippen molar-refractivity contribution in [2.75, 3.05) is 6.54 Å². The van der Waals surface area contributed by atoms with Gasteiger partial charge in [-0.1, -0.05) is 54.0 Å². The third-order valence-electron chi connectivity index (χ3n) is 5.23. The lowest BCUT2D eigenvalue weighted by atomic mass is 9.88. The molecule has 2 atom stereocenters. The van der Waals surface area contributed by atoms with E-state index in [9.17, 15) is 19.5 Å². The van der Waals surface area contributed by atoms with Crippen LogP contribution in [-0.4, -0.2) is 41.3 Å². The maximum Gasteiger partial charge on any atom is 0.408 e. The second kappa shape index (κ2) is 12.0. The molecular formula is C26H33BrN2O5.